The Morgan fingerprint density at radius 2 is 1.97 bits per heavy atom. The molecule has 7 nitrogen and oxygen atoms in total. The van der Waals surface area contributed by atoms with Crippen LogP contribution in [0, 0.1) is 0 Å². The highest BCUT2D eigenvalue weighted by Gasteiger charge is 2.18. The Hall–Kier alpha value is -1.83. The Kier molecular flexibility index (Phi) is 9.20. The summed E-state index contributed by atoms with van der Waals surface area (Å²) in [4.78, 5) is 18.0. The first kappa shape index (κ1) is 23.4. The van der Waals surface area contributed by atoms with E-state index in [2.05, 4.69) is 23.6 Å². The molecule has 1 aromatic carbocycles. The standard InChI is InChI=1S/C22H37N3O4/c1-17(2)23(4)15-20(27)16-29-21-8-7-19(13-22(21)28-5)14-24-9-6-10-25(12-11-24)18(3)26/h7-8,13,17,20,27H,6,9-12,14-16H2,1-5H3/t20-/m0/s1. The zero-order valence-corrected chi connectivity index (χ0v) is 18.6. The number of amides is 1. The fourth-order valence-corrected chi connectivity index (χ4v) is 3.41. The van der Waals surface area contributed by atoms with Crippen molar-refractivity contribution < 1.29 is 19.4 Å². The second-order valence-electron chi connectivity index (χ2n) is 8.12. The van der Waals surface area contributed by atoms with E-state index in [0.29, 0.717) is 24.1 Å². The summed E-state index contributed by atoms with van der Waals surface area (Å²) in [5.41, 5.74) is 1.14. The van der Waals surface area contributed by atoms with Crippen LogP contribution in [-0.2, 0) is 11.3 Å². The second kappa shape index (κ2) is 11.4. The number of aliphatic hydroxyl groups is 1. The lowest BCUT2D eigenvalue weighted by molar-refractivity contribution is -0.128. The number of ether oxygens (including phenoxy) is 2. The zero-order chi connectivity index (χ0) is 21.4. The normalized spacial score (nSPS) is 16.8. The van der Waals surface area contributed by atoms with Crippen molar-refractivity contribution in [3.8, 4) is 11.5 Å². The number of rotatable bonds is 9. The lowest BCUT2D eigenvalue weighted by Gasteiger charge is -2.24. The van der Waals surface area contributed by atoms with E-state index in [1.165, 1.54) is 0 Å². The largest absolute Gasteiger partial charge is 0.493 e. The van der Waals surface area contributed by atoms with Crippen LogP contribution < -0.4 is 9.47 Å². The zero-order valence-electron chi connectivity index (χ0n) is 18.6. The molecule has 1 atom stereocenters. The fourth-order valence-electron chi connectivity index (χ4n) is 3.41. The van der Waals surface area contributed by atoms with Crippen LogP contribution in [0.3, 0.4) is 0 Å². The molecule has 0 bridgehead atoms. The first-order chi connectivity index (χ1) is 13.8. The third-order valence-electron chi connectivity index (χ3n) is 5.48. The summed E-state index contributed by atoms with van der Waals surface area (Å²) < 4.78 is 11.3. The molecule has 164 valence electrons. The van der Waals surface area contributed by atoms with Crippen molar-refractivity contribution in [3.63, 3.8) is 0 Å². The molecule has 2 rings (SSSR count). The van der Waals surface area contributed by atoms with Gasteiger partial charge in [0.2, 0.25) is 5.91 Å². The summed E-state index contributed by atoms with van der Waals surface area (Å²) in [6.45, 7) is 10.9. The third kappa shape index (κ3) is 7.49. The second-order valence-corrected chi connectivity index (χ2v) is 8.12. The topological polar surface area (TPSA) is 65.5 Å². The van der Waals surface area contributed by atoms with Gasteiger partial charge in [-0.25, -0.2) is 0 Å². The number of hydrogen-bond donors (Lipinski definition) is 1. The first-order valence-electron chi connectivity index (χ1n) is 10.5. The minimum absolute atomic E-state index is 0.150. The van der Waals surface area contributed by atoms with Crippen LogP contribution in [0.15, 0.2) is 18.2 Å². The molecule has 0 aliphatic carbocycles. The van der Waals surface area contributed by atoms with Gasteiger partial charge in [0.25, 0.3) is 0 Å². The SMILES string of the molecule is COc1cc(CN2CCCN(C(C)=O)CC2)ccc1OC[C@@H](O)CN(C)C(C)C. The van der Waals surface area contributed by atoms with Crippen LogP contribution in [0.2, 0.25) is 0 Å². The molecule has 0 saturated carbocycles. The molecule has 1 aliphatic heterocycles. The number of aliphatic hydroxyl groups excluding tert-OH is 1. The fraction of sp³-hybridized carbons (Fsp3) is 0.682. The van der Waals surface area contributed by atoms with Gasteiger partial charge in [0.05, 0.1) is 7.11 Å². The van der Waals surface area contributed by atoms with Gasteiger partial charge in [-0.15, -0.1) is 0 Å². The van der Waals surface area contributed by atoms with E-state index in [4.69, 9.17) is 9.47 Å². The highest BCUT2D eigenvalue weighted by Crippen LogP contribution is 2.29. The average molecular weight is 408 g/mol. The third-order valence-corrected chi connectivity index (χ3v) is 5.48. The minimum atomic E-state index is -0.562. The Morgan fingerprint density at radius 3 is 2.62 bits per heavy atom. The van der Waals surface area contributed by atoms with Crippen molar-refractivity contribution in [3.05, 3.63) is 23.8 Å². The molecule has 7 heteroatoms. The summed E-state index contributed by atoms with van der Waals surface area (Å²) in [6.07, 6.45) is 0.425. The molecule has 1 saturated heterocycles. The van der Waals surface area contributed by atoms with Crippen LogP contribution in [0.5, 0.6) is 11.5 Å². The molecule has 29 heavy (non-hydrogen) atoms. The van der Waals surface area contributed by atoms with Crippen molar-refractivity contribution in [2.75, 3.05) is 53.5 Å². The van der Waals surface area contributed by atoms with Gasteiger partial charge < -0.3 is 24.4 Å². The van der Waals surface area contributed by atoms with E-state index >= 15 is 0 Å². The molecular formula is C22H37N3O4. The van der Waals surface area contributed by atoms with E-state index in [1.807, 2.05) is 30.1 Å². The molecule has 0 unspecified atom stereocenters. The monoisotopic (exact) mass is 407 g/mol. The molecule has 0 radical (unpaired) electrons. The molecule has 1 aliphatic rings. The summed E-state index contributed by atoms with van der Waals surface area (Å²) in [5, 5.41) is 10.2. The number of carbonyl (C=O) groups excluding carboxylic acids is 1. The molecule has 1 N–H and O–H groups in total. The molecule has 1 amide bonds. The average Bonchev–Trinajstić information content (AvgIpc) is 2.92. The van der Waals surface area contributed by atoms with Crippen molar-refractivity contribution in [2.24, 2.45) is 0 Å². The quantitative estimate of drug-likeness (QED) is 0.674. The van der Waals surface area contributed by atoms with Gasteiger partial charge in [-0.05, 0) is 45.0 Å². The van der Waals surface area contributed by atoms with Crippen LogP contribution in [0.4, 0.5) is 0 Å². The van der Waals surface area contributed by atoms with Crippen LogP contribution in [0.25, 0.3) is 0 Å². The summed E-state index contributed by atoms with van der Waals surface area (Å²) >= 11 is 0. The number of nitrogens with zero attached hydrogens (tertiary/aromatic N) is 3. The van der Waals surface area contributed by atoms with Gasteiger partial charge in [-0.1, -0.05) is 6.07 Å². The van der Waals surface area contributed by atoms with Gasteiger partial charge in [0.1, 0.15) is 12.7 Å². The summed E-state index contributed by atoms with van der Waals surface area (Å²) in [5.74, 6) is 1.46. The maximum Gasteiger partial charge on any atom is 0.219 e. The van der Waals surface area contributed by atoms with Crippen LogP contribution in [-0.4, -0.2) is 91.3 Å². The number of carbonyl (C=O) groups is 1. The highest BCUT2D eigenvalue weighted by atomic mass is 16.5. The molecular weight excluding hydrogens is 370 g/mol. The number of benzene rings is 1. The van der Waals surface area contributed by atoms with Gasteiger partial charge in [-0.3, -0.25) is 9.69 Å². The van der Waals surface area contributed by atoms with Crippen LogP contribution >= 0.6 is 0 Å². The predicted octanol–water partition coefficient (Wildman–Crippen LogP) is 1.83. The maximum atomic E-state index is 11.6. The van der Waals surface area contributed by atoms with Crippen LogP contribution in [0.1, 0.15) is 32.8 Å². The Labute approximate surface area is 175 Å². The lowest BCUT2D eigenvalue weighted by Crippen LogP contribution is -2.37. The lowest BCUT2D eigenvalue weighted by atomic mass is 10.2. The Morgan fingerprint density at radius 1 is 1.21 bits per heavy atom. The Balaban J connectivity index is 1.91. The minimum Gasteiger partial charge on any atom is -0.493 e. The van der Waals surface area contributed by atoms with E-state index in [-0.39, 0.29) is 12.5 Å². The maximum absolute atomic E-state index is 11.6. The smallest absolute Gasteiger partial charge is 0.219 e. The van der Waals surface area contributed by atoms with Gasteiger partial charge in [0, 0.05) is 52.2 Å². The van der Waals surface area contributed by atoms with Crippen molar-refractivity contribution in [1.29, 1.82) is 0 Å². The molecule has 1 fully saturated rings. The van der Waals surface area contributed by atoms with Gasteiger partial charge in [-0.2, -0.15) is 0 Å². The number of likely N-dealkylation sites (N-methyl/N-ethyl adjacent to an activating group) is 1. The van der Waals surface area contributed by atoms with Crippen molar-refractivity contribution >= 4 is 5.91 Å². The predicted molar refractivity (Wildman–Crippen MR) is 114 cm³/mol. The van der Waals surface area contributed by atoms with Gasteiger partial charge >= 0.3 is 0 Å². The Bertz CT molecular complexity index is 653. The number of hydrogen-bond acceptors (Lipinski definition) is 6. The summed E-state index contributed by atoms with van der Waals surface area (Å²) in [6, 6.07) is 6.32. The van der Waals surface area contributed by atoms with Crippen molar-refractivity contribution in [1.82, 2.24) is 14.7 Å². The molecule has 1 heterocycles. The van der Waals surface area contributed by atoms with E-state index < -0.39 is 6.10 Å². The van der Waals surface area contributed by atoms with Crippen molar-refractivity contribution in [2.45, 2.75) is 45.9 Å². The van der Waals surface area contributed by atoms with E-state index in [9.17, 15) is 9.90 Å². The molecule has 0 aromatic heterocycles. The summed E-state index contributed by atoms with van der Waals surface area (Å²) in [7, 11) is 3.62. The van der Waals surface area contributed by atoms with E-state index in [1.54, 1.807) is 14.0 Å². The van der Waals surface area contributed by atoms with E-state index in [0.717, 1.165) is 44.7 Å². The van der Waals surface area contributed by atoms with Gasteiger partial charge in [0.15, 0.2) is 11.5 Å². The molecule has 1 aromatic rings. The molecule has 0 spiro atoms. The first-order valence-corrected chi connectivity index (χ1v) is 10.5. The number of methoxy groups -OCH3 is 1. The highest BCUT2D eigenvalue weighted by molar-refractivity contribution is 5.73.